The number of aromatic nitrogens is 2. The Kier molecular flexibility index (Phi) is 2.56. The minimum absolute atomic E-state index is 0.275. The van der Waals surface area contributed by atoms with Crippen molar-refractivity contribution in [3.8, 4) is 5.69 Å². The number of halogens is 2. The molecule has 0 spiro atoms. The van der Waals surface area contributed by atoms with E-state index in [4.69, 9.17) is 5.73 Å². The lowest BCUT2D eigenvalue weighted by Gasteiger charge is -2.07. The molecule has 3 aromatic rings. The second-order valence-corrected chi connectivity index (χ2v) is 4.81. The lowest BCUT2D eigenvalue weighted by Crippen LogP contribution is -2.02. The highest BCUT2D eigenvalue weighted by Crippen LogP contribution is 2.26. The van der Waals surface area contributed by atoms with Crippen LogP contribution in [0.15, 0.2) is 46.9 Å². The van der Waals surface area contributed by atoms with Gasteiger partial charge in [0.05, 0.1) is 16.7 Å². The first-order valence-electron chi connectivity index (χ1n) is 5.35. The molecule has 5 heteroatoms. The minimum Gasteiger partial charge on any atom is -0.369 e. The van der Waals surface area contributed by atoms with Gasteiger partial charge in [-0.05, 0) is 30.3 Å². The Bertz CT molecular complexity index is 736. The Morgan fingerprint density at radius 2 is 1.94 bits per heavy atom. The highest BCUT2D eigenvalue weighted by molar-refractivity contribution is 9.10. The second-order valence-electron chi connectivity index (χ2n) is 3.89. The molecule has 3 rings (SSSR count). The summed E-state index contributed by atoms with van der Waals surface area (Å²) in [7, 11) is 0. The summed E-state index contributed by atoms with van der Waals surface area (Å²) in [6.07, 6.45) is 0. The van der Waals surface area contributed by atoms with Gasteiger partial charge in [0.15, 0.2) is 0 Å². The number of benzene rings is 2. The summed E-state index contributed by atoms with van der Waals surface area (Å²) in [5.74, 6) is -0.0725. The number of anilines is 1. The maximum atomic E-state index is 14.0. The smallest absolute Gasteiger partial charge is 0.206 e. The van der Waals surface area contributed by atoms with Crippen molar-refractivity contribution in [2.75, 3.05) is 5.73 Å². The van der Waals surface area contributed by atoms with Crippen molar-refractivity contribution < 1.29 is 4.39 Å². The second kappa shape index (κ2) is 4.10. The molecule has 18 heavy (non-hydrogen) atoms. The van der Waals surface area contributed by atoms with Crippen LogP contribution in [0.5, 0.6) is 0 Å². The van der Waals surface area contributed by atoms with E-state index in [2.05, 4.69) is 20.9 Å². The first-order valence-corrected chi connectivity index (χ1v) is 6.14. The van der Waals surface area contributed by atoms with E-state index < -0.39 is 0 Å². The average Bonchev–Trinajstić information content (AvgIpc) is 2.66. The normalized spacial score (nSPS) is 11.0. The van der Waals surface area contributed by atoms with E-state index >= 15 is 0 Å². The largest absolute Gasteiger partial charge is 0.369 e. The van der Waals surface area contributed by atoms with Crippen LogP contribution in [0.2, 0.25) is 0 Å². The number of para-hydroxylation sites is 2. The summed E-state index contributed by atoms with van der Waals surface area (Å²) in [4.78, 5) is 4.22. The zero-order valence-electron chi connectivity index (χ0n) is 9.27. The number of nitrogen functional groups attached to an aromatic ring is 1. The fraction of sp³-hybridized carbons (Fsp3) is 0. The Labute approximate surface area is 111 Å². The van der Waals surface area contributed by atoms with Gasteiger partial charge < -0.3 is 5.73 Å². The number of imidazole rings is 1. The summed E-state index contributed by atoms with van der Waals surface area (Å²) in [5, 5.41) is 0. The van der Waals surface area contributed by atoms with Crippen LogP contribution in [-0.4, -0.2) is 9.55 Å². The van der Waals surface area contributed by atoms with Crippen molar-refractivity contribution in [1.82, 2.24) is 9.55 Å². The van der Waals surface area contributed by atoms with Crippen molar-refractivity contribution in [3.05, 3.63) is 52.8 Å². The zero-order chi connectivity index (χ0) is 12.7. The van der Waals surface area contributed by atoms with Crippen molar-refractivity contribution in [2.24, 2.45) is 0 Å². The van der Waals surface area contributed by atoms with Gasteiger partial charge in [-0.3, -0.25) is 4.57 Å². The maximum absolute atomic E-state index is 14.0. The van der Waals surface area contributed by atoms with Gasteiger partial charge in [0.2, 0.25) is 5.95 Å². The summed E-state index contributed by atoms with van der Waals surface area (Å²) in [6, 6.07) is 12.3. The van der Waals surface area contributed by atoms with E-state index in [-0.39, 0.29) is 11.8 Å². The predicted molar refractivity (Wildman–Crippen MR) is 73.1 cm³/mol. The van der Waals surface area contributed by atoms with Crippen LogP contribution < -0.4 is 5.73 Å². The van der Waals surface area contributed by atoms with Gasteiger partial charge in [0, 0.05) is 4.47 Å². The van der Waals surface area contributed by atoms with Crippen molar-refractivity contribution in [3.63, 3.8) is 0 Å². The van der Waals surface area contributed by atoms with Crippen LogP contribution in [0.3, 0.4) is 0 Å². The Hall–Kier alpha value is -1.88. The number of fused-ring (bicyclic) bond motifs is 1. The number of hydrogen-bond donors (Lipinski definition) is 1. The lowest BCUT2D eigenvalue weighted by molar-refractivity contribution is 0.619. The Morgan fingerprint density at radius 1 is 1.17 bits per heavy atom. The molecule has 0 radical (unpaired) electrons. The van der Waals surface area contributed by atoms with Gasteiger partial charge >= 0.3 is 0 Å². The van der Waals surface area contributed by atoms with E-state index in [0.29, 0.717) is 10.2 Å². The van der Waals surface area contributed by atoms with Crippen molar-refractivity contribution in [1.29, 1.82) is 0 Å². The van der Waals surface area contributed by atoms with Crippen LogP contribution in [0.4, 0.5) is 10.3 Å². The fourth-order valence-corrected chi connectivity index (χ4v) is 2.29. The molecule has 0 unspecified atom stereocenters. The number of nitrogens with two attached hydrogens (primary N) is 1. The number of hydrogen-bond acceptors (Lipinski definition) is 2. The molecular formula is C13H9BrFN3. The fourth-order valence-electron chi connectivity index (χ4n) is 1.96. The quantitative estimate of drug-likeness (QED) is 0.747. The van der Waals surface area contributed by atoms with Gasteiger partial charge in [-0.25, -0.2) is 9.37 Å². The summed E-state index contributed by atoms with van der Waals surface area (Å²) < 4.78 is 16.3. The molecule has 90 valence electrons. The molecule has 0 amide bonds. The van der Waals surface area contributed by atoms with Crippen LogP contribution in [0.25, 0.3) is 16.7 Å². The highest BCUT2D eigenvalue weighted by atomic mass is 79.9. The van der Waals surface area contributed by atoms with Gasteiger partial charge in [-0.1, -0.05) is 28.1 Å². The third-order valence-corrected chi connectivity index (χ3v) is 3.23. The molecule has 0 saturated heterocycles. The molecule has 3 nitrogen and oxygen atoms in total. The Morgan fingerprint density at radius 3 is 2.72 bits per heavy atom. The molecule has 0 fully saturated rings. The molecule has 0 atom stereocenters. The lowest BCUT2D eigenvalue weighted by atomic mass is 10.2. The maximum Gasteiger partial charge on any atom is 0.206 e. The Balaban J connectivity index is 2.34. The van der Waals surface area contributed by atoms with Crippen molar-refractivity contribution in [2.45, 2.75) is 0 Å². The summed E-state index contributed by atoms with van der Waals surface area (Å²) >= 11 is 3.23. The topological polar surface area (TPSA) is 43.8 Å². The zero-order valence-corrected chi connectivity index (χ0v) is 10.9. The van der Waals surface area contributed by atoms with Gasteiger partial charge in [-0.15, -0.1) is 0 Å². The molecule has 1 aromatic heterocycles. The molecule has 0 aliphatic carbocycles. The third kappa shape index (κ3) is 1.67. The molecular weight excluding hydrogens is 297 g/mol. The van der Waals surface area contributed by atoms with E-state index in [1.54, 1.807) is 16.7 Å². The van der Waals surface area contributed by atoms with E-state index in [1.807, 2.05) is 24.3 Å². The third-order valence-electron chi connectivity index (χ3n) is 2.74. The number of rotatable bonds is 1. The monoisotopic (exact) mass is 305 g/mol. The summed E-state index contributed by atoms with van der Waals surface area (Å²) in [6.45, 7) is 0. The minimum atomic E-state index is -0.348. The van der Waals surface area contributed by atoms with Crippen LogP contribution in [0, 0.1) is 5.82 Å². The van der Waals surface area contributed by atoms with Gasteiger partial charge in [0.1, 0.15) is 5.82 Å². The average molecular weight is 306 g/mol. The first kappa shape index (κ1) is 11.2. The molecule has 1 heterocycles. The summed E-state index contributed by atoms with van der Waals surface area (Å²) in [5.41, 5.74) is 7.79. The van der Waals surface area contributed by atoms with Crippen LogP contribution in [0.1, 0.15) is 0 Å². The van der Waals surface area contributed by atoms with E-state index in [9.17, 15) is 4.39 Å². The highest BCUT2D eigenvalue weighted by Gasteiger charge is 2.12. The van der Waals surface area contributed by atoms with Gasteiger partial charge in [-0.2, -0.15) is 0 Å². The van der Waals surface area contributed by atoms with Crippen LogP contribution in [-0.2, 0) is 0 Å². The predicted octanol–water partition coefficient (Wildman–Crippen LogP) is 3.51. The molecule has 0 aliphatic rings. The van der Waals surface area contributed by atoms with Gasteiger partial charge in [0.25, 0.3) is 0 Å². The molecule has 0 bridgehead atoms. The molecule has 2 N–H and O–H groups in total. The molecule has 0 saturated carbocycles. The van der Waals surface area contributed by atoms with Crippen molar-refractivity contribution >= 4 is 32.9 Å². The standard InChI is InChI=1S/C13H9BrFN3/c14-8-5-6-11(9(15)7-8)18-12-4-2-1-3-10(12)17-13(18)16/h1-7H,(H2,16,17). The molecule has 0 aliphatic heterocycles. The first-order chi connectivity index (χ1) is 8.66. The molecule has 2 aromatic carbocycles. The van der Waals surface area contributed by atoms with E-state index in [0.717, 1.165) is 11.0 Å². The van der Waals surface area contributed by atoms with Crippen LogP contribution >= 0.6 is 15.9 Å². The van der Waals surface area contributed by atoms with E-state index in [1.165, 1.54) is 6.07 Å². The number of nitrogens with zero attached hydrogens (tertiary/aromatic N) is 2. The SMILES string of the molecule is Nc1nc2ccccc2n1-c1ccc(Br)cc1F.